The van der Waals surface area contributed by atoms with Crippen molar-refractivity contribution in [2.24, 2.45) is 11.8 Å². The SMILES string of the molecule is Cc1cc(NN)nc(CN2CC(C)CC2=O)n1. The van der Waals surface area contributed by atoms with E-state index in [0.29, 0.717) is 30.5 Å². The predicted octanol–water partition coefficient (Wildman–Crippen LogP) is 0.439. The first-order valence-electron chi connectivity index (χ1n) is 5.67. The number of hydrazine groups is 1. The number of nitrogen functional groups attached to an aromatic ring is 1. The van der Waals surface area contributed by atoms with Crippen LogP contribution in [0.3, 0.4) is 0 Å². The minimum Gasteiger partial charge on any atom is -0.335 e. The summed E-state index contributed by atoms with van der Waals surface area (Å²) in [6, 6.07) is 1.76. The van der Waals surface area contributed by atoms with Gasteiger partial charge < -0.3 is 10.3 Å². The number of hydrogen-bond donors (Lipinski definition) is 2. The summed E-state index contributed by atoms with van der Waals surface area (Å²) in [6.07, 6.45) is 0.619. The third-order valence-corrected chi connectivity index (χ3v) is 2.79. The Balaban J connectivity index is 2.13. The number of nitrogens with zero attached hydrogens (tertiary/aromatic N) is 3. The zero-order chi connectivity index (χ0) is 12.4. The molecule has 0 radical (unpaired) electrons. The number of carbonyl (C=O) groups is 1. The summed E-state index contributed by atoms with van der Waals surface area (Å²) in [5.74, 6) is 7.11. The molecule has 3 N–H and O–H groups in total. The first-order chi connectivity index (χ1) is 8.08. The van der Waals surface area contributed by atoms with Crippen molar-refractivity contribution in [2.75, 3.05) is 12.0 Å². The molecule has 0 aromatic carbocycles. The van der Waals surface area contributed by atoms with Crippen LogP contribution in [-0.4, -0.2) is 27.3 Å². The molecule has 0 aliphatic carbocycles. The summed E-state index contributed by atoms with van der Waals surface area (Å²) in [5, 5.41) is 0. The fourth-order valence-corrected chi connectivity index (χ4v) is 2.07. The Bertz CT molecular complexity index is 434. The van der Waals surface area contributed by atoms with Crippen molar-refractivity contribution >= 4 is 11.7 Å². The number of anilines is 1. The molecule has 0 saturated carbocycles. The zero-order valence-electron chi connectivity index (χ0n) is 10.1. The van der Waals surface area contributed by atoms with E-state index >= 15 is 0 Å². The average Bonchev–Trinajstić information content (AvgIpc) is 2.56. The van der Waals surface area contributed by atoms with Crippen molar-refractivity contribution < 1.29 is 4.79 Å². The third kappa shape index (κ3) is 2.71. The van der Waals surface area contributed by atoms with Crippen LogP contribution in [-0.2, 0) is 11.3 Å². The molecule has 92 valence electrons. The van der Waals surface area contributed by atoms with Crippen molar-refractivity contribution in [2.45, 2.75) is 26.8 Å². The molecule has 1 aliphatic rings. The van der Waals surface area contributed by atoms with E-state index < -0.39 is 0 Å². The maximum absolute atomic E-state index is 11.7. The Hall–Kier alpha value is -1.69. The lowest BCUT2D eigenvalue weighted by molar-refractivity contribution is -0.128. The fourth-order valence-electron chi connectivity index (χ4n) is 2.07. The van der Waals surface area contributed by atoms with Gasteiger partial charge in [0.15, 0.2) is 0 Å². The van der Waals surface area contributed by atoms with Gasteiger partial charge in [-0.2, -0.15) is 0 Å². The smallest absolute Gasteiger partial charge is 0.223 e. The van der Waals surface area contributed by atoms with Crippen LogP contribution in [0, 0.1) is 12.8 Å². The number of hydrogen-bond acceptors (Lipinski definition) is 5. The average molecular weight is 235 g/mol. The Morgan fingerprint density at radius 3 is 2.94 bits per heavy atom. The van der Waals surface area contributed by atoms with Crippen molar-refractivity contribution in [1.82, 2.24) is 14.9 Å². The number of aryl methyl sites for hydroxylation is 1. The maximum Gasteiger partial charge on any atom is 0.223 e. The van der Waals surface area contributed by atoms with Crippen LogP contribution in [0.5, 0.6) is 0 Å². The van der Waals surface area contributed by atoms with Crippen molar-refractivity contribution in [3.63, 3.8) is 0 Å². The summed E-state index contributed by atoms with van der Waals surface area (Å²) in [6.45, 7) is 5.18. The fraction of sp³-hybridized carbons (Fsp3) is 0.545. The van der Waals surface area contributed by atoms with E-state index in [9.17, 15) is 4.79 Å². The molecule has 1 amide bonds. The van der Waals surface area contributed by atoms with Gasteiger partial charge in [0.2, 0.25) is 5.91 Å². The zero-order valence-corrected chi connectivity index (χ0v) is 10.1. The van der Waals surface area contributed by atoms with Gasteiger partial charge in [0, 0.05) is 24.7 Å². The molecule has 1 aromatic rings. The van der Waals surface area contributed by atoms with Gasteiger partial charge in [-0.3, -0.25) is 4.79 Å². The van der Waals surface area contributed by atoms with Gasteiger partial charge in [0.05, 0.1) is 6.54 Å². The third-order valence-electron chi connectivity index (χ3n) is 2.79. The number of likely N-dealkylation sites (tertiary alicyclic amines) is 1. The van der Waals surface area contributed by atoms with Gasteiger partial charge in [-0.15, -0.1) is 0 Å². The van der Waals surface area contributed by atoms with E-state index in [1.165, 1.54) is 0 Å². The molecule has 1 unspecified atom stereocenters. The lowest BCUT2D eigenvalue weighted by atomic mass is 10.2. The normalized spacial score (nSPS) is 19.8. The Kier molecular flexibility index (Phi) is 3.23. The first kappa shape index (κ1) is 11.8. The minimum absolute atomic E-state index is 0.171. The monoisotopic (exact) mass is 235 g/mol. The molecule has 0 spiro atoms. The van der Waals surface area contributed by atoms with Crippen LogP contribution in [0.1, 0.15) is 24.9 Å². The van der Waals surface area contributed by atoms with Gasteiger partial charge >= 0.3 is 0 Å². The molecule has 17 heavy (non-hydrogen) atoms. The molecule has 2 heterocycles. The summed E-state index contributed by atoms with van der Waals surface area (Å²) >= 11 is 0. The van der Waals surface area contributed by atoms with Gasteiger partial charge in [-0.1, -0.05) is 6.92 Å². The van der Waals surface area contributed by atoms with E-state index in [4.69, 9.17) is 5.84 Å². The summed E-state index contributed by atoms with van der Waals surface area (Å²) in [5.41, 5.74) is 3.33. The molecule has 6 heteroatoms. The summed E-state index contributed by atoms with van der Waals surface area (Å²) in [7, 11) is 0. The molecule has 6 nitrogen and oxygen atoms in total. The quantitative estimate of drug-likeness (QED) is 0.586. The molecule has 1 aromatic heterocycles. The van der Waals surface area contributed by atoms with Gasteiger partial charge in [0.25, 0.3) is 0 Å². The molecule has 1 saturated heterocycles. The highest BCUT2D eigenvalue weighted by atomic mass is 16.2. The van der Waals surface area contributed by atoms with E-state index in [-0.39, 0.29) is 5.91 Å². The number of carbonyl (C=O) groups excluding carboxylic acids is 1. The topological polar surface area (TPSA) is 84.1 Å². The van der Waals surface area contributed by atoms with Crippen molar-refractivity contribution in [3.05, 3.63) is 17.6 Å². The Morgan fingerprint density at radius 2 is 2.35 bits per heavy atom. The maximum atomic E-state index is 11.7. The second-order valence-corrected chi connectivity index (χ2v) is 4.54. The van der Waals surface area contributed by atoms with Crippen LogP contribution >= 0.6 is 0 Å². The number of rotatable bonds is 3. The molecule has 1 fully saturated rings. The lowest BCUT2D eigenvalue weighted by Gasteiger charge is -2.15. The van der Waals surface area contributed by atoms with Crippen LogP contribution < -0.4 is 11.3 Å². The summed E-state index contributed by atoms with van der Waals surface area (Å²) in [4.78, 5) is 22.0. The molecular formula is C11H17N5O. The second kappa shape index (κ2) is 4.67. The second-order valence-electron chi connectivity index (χ2n) is 4.54. The van der Waals surface area contributed by atoms with Crippen molar-refractivity contribution in [1.29, 1.82) is 0 Å². The van der Waals surface area contributed by atoms with E-state index in [1.54, 1.807) is 11.0 Å². The summed E-state index contributed by atoms with van der Waals surface area (Å²) < 4.78 is 0. The molecule has 2 rings (SSSR count). The minimum atomic E-state index is 0.171. The first-order valence-corrected chi connectivity index (χ1v) is 5.67. The highest BCUT2D eigenvalue weighted by Gasteiger charge is 2.26. The highest BCUT2D eigenvalue weighted by molar-refractivity contribution is 5.78. The van der Waals surface area contributed by atoms with Crippen LogP contribution in [0.25, 0.3) is 0 Å². The van der Waals surface area contributed by atoms with Crippen LogP contribution in [0.4, 0.5) is 5.82 Å². The highest BCUT2D eigenvalue weighted by Crippen LogP contribution is 2.18. The molecule has 1 aliphatic heterocycles. The standard InChI is InChI=1S/C11H17N5O/c1-7-3-11(17)16(5-7)6-10-13-8(2)4-9(14-10)15-12/h4,7H,3,5-6,12H2,1-2H3,(H,13,14,15). The molecule has 1 atom stereocenters. The number of nitrogens with one attached hydrogen (secondary N) is 1. The van der Waals surface area contributed by atoms with Gasteiger partial charge in [0.1, 0.15) is 11.6 Å². The largest absolute Gasteiger partial charge is 0.335 e. The van der Waals surface area contributed by atoms with Gasteiger partial charge in [-0.25, -0.2) is 15.8 Å². The number of amides is 1. The predicted molar refractivity (Wildman–Crippen MR) is 63.8 cm³/mol. The van der Waals surface area contributed by atoms with Crippen molar-refractivity contribution in [3.8, 4) is 0 Å². The number of aromatic nitrogens is 2. The Labute approximate surface area is 100 Å². The van der Waals surface area contributed by atoms with Crippen LogP contribution in [0.15, 0.2) is 6.07 Å². The number of nitrogens with two attached hydrogens (primary N) is 1. The molecular weight excluding hydrogens is 218 g/mol. The van der Waals surface area contributed by atoms with E-state index in [2.05, 4.69) is 22.3 Å². The molecule has 0 bridgehead atoms. The lowest BCUT2D eigenvalue weighted by Crippen LogP contribution is -2.26. The Morgan fingerprint density at radius 1 is 1.59 bits per heavy atom. The van der Waals surface area contributed by atoms with Gasteiger partial charge in [-0.05, 0) is 12.8 Å². The van der Waals surface area contributed by atoms with Crippen LogP contribution in [0.2, 0.25) is 0 Å². The van der Waals surface area contributed by atoms with E-state index in [1.807, 2.05) is 6.92 Å². The van der Waals surface area contributed by atoms with E-state index in [0.717, 1.165) is 12.2 Å².